The van der Waals surface area contributed by atoms with Gasteiger partial charge in [0.15, 0.2) is 0 Å². The van der Waals surface area contributed by atoms with Gasteiger partial charge in [-0.15, -0.1) is 0 Å². The second kappa shape index (κ2) is 5.09. The summed E-state index contributed by atoms with van der Waals surface area (Å²) < 4.78 is 5.03. The van der Waals surface area contributed by atoms with Crippen LogP contribution >= 0.6 is 0 Å². The van der Waals surface area contributed by atoms with E-state index in [0.717, 1.165) is 0 Å². The lowest BCUT2D eigenvalue weighted by Crippen LogP contribution is -2.19. The summed E-state index contributed by atoms with van der Waals surface area (Å²) in [5, 5.41) is 0. The molecule has 0 aliphatic carbocycles. The Labute approximate surface area is 103 Å². The molecule has 2 aromatic rings. The van der Waals surface area contributed by atoms with Gasteiger partial charge >= 0.3 is 5.97 Å². The molecule has 0 unspecified atom stereocenters. The van der Waals surface area contributed by atoms with Gasteiger partial charge in [-0.25, -0.2) is 9.78 Å². The lowest BCUT2D eigenvalue weighted by Gasteiger charge is -2.05. The highest BCUT2D eigenvalue weighted by atomic mass is 16.5. The van der Waals surface area contributed by atoms with Crippen LogP contribution in [0.25, 0.3) is 0 Å². The smallest absolute Gasteiger partial charge is 0.345 e. The van der Waals surface area contributed by atoms with Crippen molar-refractivity contribution in [2.75, 3.05) is 0 Å². The molecule has 1 aromatic heterocycles. The van der Waals surface area contributed by atoms with Crippen LogP contribution in [0.15, 0.2) is 48.7 Å². The van der Waals surface area contributed by atoms with Crippen molar-refractivity contribution in [1.29, 1.82) is 0 Å². The van der Waals surface area contributed by atoms with Crippen molar-refractivity contribution in [3.63, 3.8) is 0 Å². The molecular weight excluding hydrogens is 232 g/mol. The van der Waals surface area contributed by atoms with Crippen molar-refractivity contribution >= 4 is 11.9 Å². The fourth-order valence-electron chi connectivity index (χ4n) is 1.43. The highest BCUT2D eigenvalue weighted by Gasteiger charge is 2.16. The van der Waals surface area contributed by atoms with E-state index in [4.69, 9.17) is 10.5 Å². The van der Waals surface area contributed by atoms with Gasteiger partial charge in [-0.3, -0.25) is 4.79 Å². The number of benzene rings is 1. The van der Waals surface area contributed by atoms with E-state index in [-0.39, 0.29) is 17.0 Å². The third-order valence-electron chi connectivity index (χ3n) is 2.25. The Kier molecular flexibility index (Phi) is 3.33. The van der Waals surface area contributed by atoms with Gasteiger partial charge < -0.3 is 10.5 Å². The fraction of sp³-hybridized carbons (Fsp3) is 0. The van der Waals surface area contributed by atoms with E-state index in [1.807, 2.05) is 0 Å². The minimum atomic E-state index is -0.677. The maximum absolute atomic E-state index is 11.9. The summed E-state index contributed by atoms with van der Waals surface area (Å²) in [6.45, 7) is 0. The van der Waals surface area contributed by atoms with Crippen molar-refractivity contribution in [2.45, 2.75) is 0 Å². The molecule has 1 heterocycles. The van der Waals surface area contributed by atoms with Crippen LogP contribution in [-0.2, 0) is 0 Å². The van der Waals surface area contributed by atoms with Crippen molar-refractivity contribution in [3.05, 3.63) is 59.8 Å². The lowest BCUT2D eigenvalue weighted by molar-refractivity contribution is 0.0722. The van der Waals surface area contributed by atoms with Gasteiger partial charge in [0.1, 0.15) is 0 Å². The van der Waals surface area contributed by atoms with E-state index in [1.165, 1.54) is 18.3 Å². The number of esters is 1. The summed E-state index contributed by atoms with van der Waals surface area (Å²) >= 11 is 0. The largest absolute Gasteiger partial charge is 0.404 e. The average molecular weight is 242 g/mol. The average Bonchev–Trinajstić information content (AvgIpc) is 2.40. The van der Waals surface area contributed by atoms with Crippen LogP contribution in [0.2, 0.25) is 0 Å². The minimum absolute atomic E-state index is 0.121. The highest BCUT2D eigenvalue weighted by molar-refractivity contribution is 6.05. The Hall–Kier alpha value is -2.69. The molecule has 0 aliphatic heterocycles. The Morgan fingerprint density at radius 2 is 1.67 bits per heavy atom. The van der Waals surface area contributed by atoms with Crippen molar-refractivity contribution in [2.24, 2.45) is 5.73 Å². The van der Waals surface area contributed by atoms with Crippen LogP contribution in [0.1, 0.15) is 20.7 Å². The third-order valence-corrected chi connectivity index (χ3v) is 2.25. The number of aromatic nitrogens is 1. The predicted molar refractivity (Wildman–Crippen MR) is 64.2 cm³/mol. The maximum Gasteiger partial charge on any atom is 0.345 e. The van der Waals surface area contributed by atoms with Crippen LogP contribution in [0, 0.1) is 0 Å². The van der Waals surface area contributed by atoms with Crippen molar-refractivity contribution < 1.29 is 14.3 Å². The molecule has 5 heteroatoms. The molecule has 2 rings (SSSR count). The number of hydrogen-bond acceptors (Lipinski definition) is 4. The molecule has 0 saturated heterocycles. The normalized spacial score (nSPS) is 9.78. The molecule has 0 atom stereocenters. The summed E-state index contributed by atoms with van der Waals surface area (Å²) in [7, 11) is 0. The Balaban J connectivity index is 2.27. The molecule has 0 fully saturated rings. The number of nitrogens with two attached hydrogens (primary N) is 1. The molecule has 18 heavy (non-hydrogen) atoms. The summed E-state index contributed by atoms with van der Waals surface area (Å²) in [5.74, 6) is -1.17. The SMILES string of the molecule is NC(=O)c1ccccc1C(=O)Oc1ccccn1. The first-order valence-corrected chi connectivity index (χ1v) is 5.20. The van der Waals surface area contributed by atoms with Crippen LogP contribution in [-0.4, -0.2) is 16.9 Å². The molecule has 0 bridgehead atoms. The third kappa shape index (κ3) is 2.52. The van der Waals surface area contributed by atoms with E-state index >= 15 is 0 Å². The number of nitrogens with zero attached hydrogens (tertiary/aromatic N) is 1. The lowest BCUT2D eigenvalue weighted by atomic mass is 10.1. The van der Waals surface area contributed by atoms with E-state index in [1.54, 1.807) is 30.3 Å². The van der Waals surface area contributed by atoms with Crippen molar-refractivity contribution in [3.8, 4) is 5.88 Å². The second-order valence-corrected chi connectivity index (χ2v) is 3.47. The van der Waals surface area contributed by atoms with Gasteiger partial charge in [0.2, 0.25) is 11.8 Å². The first-order valence-electron chi connectivity index (χ1n) is 5.20. The zero-order chi connectivity index (χ0) is 13.0. The quantitative estimate of drug-likeness (QED) is 0.825. The van der Waals surface area contributed by atoms with Gasteiger partial charge in [-0.2, -0.15) is 0 Å². The molecule has 0 spiro atoms. The number of ether oxygens (including phenoxy) is 1. The zero-order valence-corrected chi connectivity index (χ0v) is 9.37. The standard InChI is InChI=1S/C13H10N2O3/c14-12(16)9-5-1-2-6-10(9)13(17)18-11-7-3-4-8-15-11/h1-8H,(H2,14,16). The van der Waals surface area contributed by atoms with Gasteiger partial charge in [-0.05, 0) is 18.2 Å². The number of pyridine rings is 1. The molecule has 5 nitrogen and oxygen atoms in total. The van der Waals surface area contributed by atoms with Crippen LogP contribution in [0.4, 0.5) is 0 Å². The Morgan fingerprint density at radius 1 is 1.00 bits per heavy atom. The van der Waals surface area contributed by atoms with Gasteiger partial charge in [-0.1, -0.05) is 18.2 Å². The molecule has 1 aromatic carbocycles. The summed E-state index contributed by atoms with van der Waals surface area (Å²) in [6, 6.07) is 11.1. The minimum Gasteiger partial charge on any atom is -0.404 e. The Bertz CT molecular complexity index is 582. The molecule has 2 N–H and O–H groups in total. The van der Waals surface area contributed by atoms with Crippen molar-refractivity contribution in [1.82, 2.24) is 4.98 Å². The monoisotopic (exact) mass is 242 g/mol. The van der Waals surface area contributed by atoms with Crippen LogP contribution in [0.5, 0.6) is 5.88 Å². The summed E-state index contributed by atoms with van der Waals surface area (Å²) in [6.07, 6.45) is 1.50. The van der Waals surface area contributed by atoms with Crippen LogP contribution in [0.3, 0.4) is 0 Å². The number of amides is 1. The number of rotatable bonds is 3. The number of primary amides is 1. The number of carbonyl (C=O) groups is 2. The topological polar surface area (TPSA) is 82.3 Å². The van der Waals surface area contributed by atoms with Gasteiger partial charge in [0, 0.05) is 12.3 Å². The van der Waals surface area contributed by atoms with Gasteiger partial charge in [0.05, 0.1) is 11.1 Å². The highest BCUT2D eigenvalue weighted by Crippen LogP contribution is 2.12. The predicted octanol–water partition coefficient (Wildman–Crippen LogP) is 1.40. The second-order valence-electron chi connectivity index (χ2n) is 3.47. The van der Waals surface area contributed by atoms with Gasteiger partial charge in [0.25, 0.3) is 0 Å². The van der Waals surface area contributed by atoms with E-state index in [0.29, 0.717) is 0 Å². The molecule has 90 valence electrons. The summed E-state index contributed by atoms with van der Waals surface area (Å²) in [5.41, 5.74) is 5.43. The first kappa shape index (κ1) is 11.8. The zero-order valence-electron chi connectivity index (χ0n) is 9.37. The summed E-state index contributed by atoms with van der Waals surface area (Å²) in [4.78, 5) is 26.9. The van der Waals surface area contributed by atoms with E-state index in [9.17, 15) is 9.59 Å². The molecular formula is C13H10N2O3. The maximum atomic E-state index is 11.9. The van der Waals surface area contributed by atoms with Crippen LogP contribution < -0.4 is 10.5 Å². The molecule has 1 amide bonds. The molecule has 0 aliphatic rings. The fourth-order valence-corrected chi connectivity index (χ4v) is 1.43. The number of hydrogen-bond donors (Lipinski definition) is 1. The van der Waals surface area contributed by atoms with E-state index < -0.39 is 11.9 Å². The van der Waals surface area contributed by atoms with E-state index in [2.05, 4.69) is 4.98 Å². The Morgan fingerprint density at radius 3 is 2.28 bits per heavy atom. The number of carbonyl (C=O) groups excluding carboxylic acids is 2. The molecule has 0 radical (unpaired) electrons. The molecule has 0 saturated carbocycles. The first-order chi connectivity index (χ1) is 8.68.